The second-order valence-electron chi connectivity index (χ2n) is 5.37. The molecule has 0 radical (unpaired) electrons. The van der Waals surface area contributed by atoms with Gasteiger partial charge in [-0.05, 0) is 32.0 Å². The monoisotopic (exact) mass is 330 g/mol. The minimum atomic E-state index is -0.676. The van der Waals surface area contributed by atoms with Gasteiger partial charge in [-0.1, -0.05) is 6.92 Å². The van der Waals surface area contributed by atoms with E-state index in [1.165, 1.54) is 7.11 Å². The first-order valence-corrected chi connectivity index (χ1v) is 7.17. The van der Waals surface area contributed by atoms with Crippen LogP contribution in [0.5, 0.6) is 0 Å². The number of nitrogens with one attached hydrogen (secondary N) is 2. The van der Waals surface area contributed by atoms with Crippen molar-refractivity contribution in [1.29, 1.82) is 0 Å². The number of amides is 1. The van der Waals surface area contributed by atoms with Crippen LogP contribution >= 0.6 is 12.4 Å². The maximum Gasteiger partial charge on any atom is 0.310 e. The number of hydrogen-bond donors (Lipinski definition) is 2. The molecule has 0 bridgehead atoms. The second kappa shape index (κ2) is 8.14. The number of nitrogens with zero attached hydrogens (tertiary/aromatic N) is 2. The van der Waals surface area contributed by atoms with Crippen LogP contribution in [0.3, 0.4) is 0 Å². The molecule has 1 aromatic heterocycles. The minimum Gasteiger partial charge on any atom is -0.469 e. The molecule has 1 saturated heterocycles. The molecule has 1 aromatic rings. The van der Waals surface area contributed by atoms with Crippen LogP contribution in [0, 0.1) is 5.92 Å². The quantitative estimate of drug-likeness (QED) is 0.759. The number of halogens is 1. The molecule has 1 atom stereocenters. The molecule has 1 aliphatic rings. The van der Waals surface area contributed by atoms with Crippen molar-refractivity contribution in [2.24, 2.45) is 5.92 Å². The summed E-state index contributed by atoms with van der Waals surface area (Å²) >= 11 is 0. The van der Waals surface area contributed by atoms with E-state index in [1.54, 1.807) is 17.8 Å². The fourth-order valence-corrected chi connectivity index (χ4v) is 2.62. The predicted octanol–water partition coefficient (Wildman–Crippen LogP) is 0.309. The lowest BCUT2D eigenvalue weighted by atomic mass is 9.87. The van der Waals surface area contributed by atoms with Gasteiger partial charge < -0.3 is 15.4 Å². The largest absolute Gasteiger partial charge is 0.469 e. The van der Waals surface area contributed by atoms with E-state index >= 15 is 0 Å². The lowest BCUT2D eigenvalue weighted by Gasteiger charge is -2.36. The van der Waals surface area contributed by atoms with E-state index in [2.05, 4.69) is 20.5 Å². The highest BCUT2D eigenvalue weighted by Gasteiger charge is 2.42. The van der Waals surface area contributed by atoms with Crippen LogP contribution in [0.2, 0.25) is 0 Å². The Morgan fingerprint density at radius 1 is 1.45 bits per heavy atom. The zero-order valence-electron chi connectivity index (χ0n) is 12.9. The summed E-state index contributed by atoms with van der Waals surface area (Å²) in [6, 6.07) is 1.81. The molecular weight excluding hydrogens is 308 g/mol. The molecule has 1 amide bonds. The van der Waals surface area contributed by atoms with Gasteiger partial charge in [-0.2, -0.15) is 5.10 Å². The van der Waals surface area contributed by atoms with Crippen LogP contribution in [-0.4, -0.2) is 48.4 Å². The molecule has 8 heteroatoms. The highest BCUT2D eigenvalue weighted by molar-refractivity contribution is 5.85. The third-order valence-electron chi connectivity index (χ3n) is 3.97. The normalized spacial score (nSPS) is 17.9. The fraction of sp³-hybridized carbons (Fsp3) is 0.643. The van der Waals surface area contributed by atoms with E-state index in [0.29, 0.717) is 12.8 Å². The lowest BCUT2D eigenvalue weighted by molar-refractivity contribution is -0.145. The van der Waals surface area contributed by atoms with Gasteiger partial charge in [-0.25, -0.2) is 0 Å². The van der Waals surface area contributed by atoms with E-state index in [-0.39, 0.29) is 36.7 Å². The number of rotatable bonds is 5. The minimum absolute atomic E-state index is 0. The number of hydrogen-bond acceptors (Lipinski definition) is 5. The third kappa shape index (κ3) is 3.78. The predicted molar refractivity (Wildman–Crippen MR) is 83.7 cm³/mol. The van der Waals surface area contributed by atoms with E-state index in [9.17, 15) is 9.59 Å². The molecule has 22 heavy (non-hydrogen) atoms. The number of carbonyl (C=O) groups excluding carboxylic acids is 2. The molecule has 7 nitrogen and oxygen atoms in total. The maximum absolute atomic E-state index is 12.7. The lowest BCUT2D eigenvalue weighted by Crippen LogP contribution is -2.55. The Labute approximate surface area is 136 Å². The molecule has 1 fully saturated rings. The second-order valence-corrected chi connectivity index (χ2v) is 5.37. The van der Waals surface area contributed by atoms with E-state index in [1.807, 2.05) is 12.3 Å². The molecule has 124 valence electrons. The summed E-state index contributed by atoms with van der Waals surface area (Å²) in [7, 11) is 1.35. The molecular formula is C14H23ClN4O3. The Balaban J connectivity index is 0.00000242. The molecule has 0 spiro atoms. The van der Waals surface area contributed by atoms with E-state index < -0.39 is 5.54 Å². The average molecular weight is 331 g/mol. The molecule has 2 N–H and O–H groups in total. The van der Waals surface area contributed by atoms with Crippen LogP contribution in [0.4, 0.5) is 0 Å². The number of esters is 1. The number of piperidine rings is 1. The van der Waals surface area contributed by atoms with Crippen LogP contribution in [0.15, 0.2) is 18.5 Å². The summed E-state index contributed by atoms with van der Waals surface area (Å²) in [6.07, 6.45) is 4.84. The zero-order chi connectivity index (χ0) is 15.3. The van der Waals surface area contributed by atoms with E-state index in [4.69, 9.17) is 0 Å². The van der Waals surface area contributed by atoms with Crippen molar-refractivity contribution in [3.8, 4) is 0 Å². The Bertz CT molecular complexity index is 486. The molecule has 0 aromatic carbocycles. The average Bonchev–Trinajstić information content (AvgIpc) is 3.06. The number of methoxy groups -OCH3 is 1. The summed E-state index contributed by atoms with van der Waals surface area (Å²) in [6.45, 7) is 3.52. The number of ether oxygens (including phenoxy) is 1. The van der Waals surface area contributed by atoms with Crippen molar-refractivity contribution >= 4 is 24.3 Å². The number of carbonyl (C=O) groups is 2. The van der Waals surface area contributed by atoms with Crippen LogP contribution < -0.4 is 10.6 Å². The van der Waals surface area contributed by atoms with Gasteiger partial charge in [0.1, 0.15) is 5.54 Å². The van der Waals surface area contributed by atoms with Gasteiger partial charge >= 0.3 is 5.97 Å². The highest BCUT2D eigenvalue weighted by Crippen LogP contribution is 2.27. The van der Waals surface area contributed by atoms with Gasteiger partial charge in [0.15, 0.2) is 0 Å². The van der Waals surface area contributed by atoms with Crippen molar-refractivity contribution in [2.75, 3.05) is 26.7 Å². The summed E-state index contributed by atoms with van der Waals surface area (Å²) in [4.78, 5) is 24.1. The van der Waals surface area contributed by atoms with Crippen LogP contribution in [0.25, 0.3) is 0 Å². The Kier molecular flexibility index (Phi) is 6.83. The molecule has 2 heterocycles. The Hall–Kier alpha value is -1.60. The van der Waals surface area contributed by atoms with Gasteiger partial charge in [0.2, 0.25) is 5.91 Å². The molecule has 1 aliphatic heterocycles. The first-order chi connectivity index (χ1) is 10.1. The highest BCUT2D eigenvalue weighted by atomic mass is 35.5. The van der Waals surface area contributed by atoms with E-state index in [0.717, 1.165) is 13.1 Å². The summed E-state index contributed by atoms with van der Waals surface area (Å²) in [5, 5.41) is 10.4. The van der Waals surface area contributed by atoms with Gasteiger partial charge in [0, 0.05) is 18.9 Å². The standard InChI is InChI=1S/C14H22N4O3.ClH/c1-11(12(19)21-2)10-16-13(20)14(4-7-15-8-5-14)18-9-3-6-17-18;/h3,6,9,11,15H,4-5,7-8,10H2,1-2H3,(H,16,20);1H. The Morgan fingerprint density at radius 2 is 2.14 bits per heavy atom. The summed E-state index contributed by atoms with van der Waals surface area (Å²) < 4.78 is 6.40. The summed E-state index contributed by atoms with van der Waals surface area (Å²) in [5.41, 5.74) is -0.676. The van der Waals surface area contributed by atoms with Crippen molar-refractivity contribution in [3.05, 3.63) is 18.5 Å². The molecule has 0 saturated carbocycles. The topological polar surface area (TPSA) is 85.2 Å². The SMILES string of the molecule is COC(=O)C(C)CNC(=O)C1(n2cccn2)CCNCC1.Cl. The summed E-state index contributed by atoms with van der Waals surface area (Å²) in [5.74, 6) is -0.785. The van der Waals surface area contributed by atoms with Gasteiger partial charge in [0.05, 0.1) is 13.0 Å². The van der Waals surface area contributed by atoms with Crippen LogP contribution in [0.1, 0.15) is 19.8 Å². The fourth-order valence-electron chi connectivity index (χ4n) is 2.62. The third-order valence-corrected chi connectivity index (χ3v) is 3.97. The smallest absolute Gasteiger partial charge is 0.310 e. The number of aromatic nitrogens is 2. The van der Waals surface area contributed by atoms with Crippen molar-refractivity contribution < 1.29 is 14.3 Å². The van der Waals surface area contributed by atoms with Gasteiger partial charge in [0.25, 0.3) is 0 Å². The van der Waals surface area contributed by atoms with Gasteiger partial charge in [-0.3, -0.25) is 14.3 Å². The molecule has 0 aliphatic carbocycles. The van der Waals surface area contributed by atoms with Gasteiger partial charge in [-0.15, -0.1) is 12.4 Å². The molecule has 1 unspecified atom stereocenters. The first-order valence-electron chi connectivity index (χ1n) is 7.17. The first kappa shape index (κ1) is 18.4. The van der Waals surface area contributed by atoms with Crippen molar-refractivity contribution in [2.45, 2.75) is 25.3 Å². The van der Waals surface area contributed by atoms with Crippen molar-refractivity contribution in [3.63, 3.8) is 0 Å². The molecule has 2 rings (SSSR count). The van der Waals surface area contributed by atoms with Crippen molar-refractivity contribution in [1.82, 2.24) is 20.4 Å². The Morgan fingerprint density at radius 3 is 2.68 bits per heavy atom. The zero-order valence-corrected chi connectivity index (χ0v) is 13.7. The maximum atomic E-state index is 12.7. The van der Waals surface area contributed by atoms with Crippen LogP contribution in [-0.2, 0) is 19.9 Å².